The molecule has 0 fully saturated rings. The van der Waals surface area contributed by atoms with Gasteiger partial charge in [0.1, 0.15) is 11.5 Å². The van der Waals surface area contributed by atoms with Gasteiger partial charge in [0, 0.05) is 33.9 Å². The van der Waals surface area contributed by atoms with Gasteiger partial charge < -0.3 is 19.8 Å². The number of hydrogen-bond donors (Lipinski definition) is 2. The van der Waals surface area contributed by atoms with E-state index < -0.39 is 6.10 Å². The van der Waals surface area contributed by atoms with Crippen LogP contribution in [0.3, 0.4) is 0 Å². The van der Waals surface area contributed by atoms with E-state index in [0.29, 0.717) is 16.9 Å². The van der Waals surface area contributed by atoms with Crippen LogP contribution in [0.4, 0.5) is 0 Å². The van der Waals surface area contributed by atoms with E-state index in [9.17, 15) is 4.79 Å². The highest BCUT2D eigenvalue weighted by Gasteiger charge is 2.35. The second-order valence-electron chi connectivity index (χ2n) is 8.39. The summed E-state index contributed by atoms with van der Waals surface area (Å²) < 4.78 is 11.8. The van der Waals surface area contributed by atoms with Crippen molar-refractivity contribution in [1.29, 1.82) is 0 Å². The normalized spacial score (nSPS) is 17.9. The summed E-state index contributed by atoms with van der Waals surface area (Å²) in [7, 11) is 1.65. The monoisotopic (exact) mass is 390 g/mol. The number of methoxy groups -OCH3 is 1. The van der Waals surface area contributed by atoms with E-state index in [1.807, 2.05) is 49.4 Å². The Morgan fingerprint density at radius 3 is 2.66 bits per heavy atom. The molecule has 29 heavy (non-hydrogen) atoms. The molecule has 0 bridgehead atoms. The average molecular weight is 390 g/mol. The number of carbonyl (C=O) groups is 1. The number of aromatic amines is 1. The lowest BCUT2D eigenvalue weighted by Gasteiger charge is -2.29. The SMILES string of the molecule is COc1ccc2[nH]c(C)c(C3Oc4ccccc4C(=O)C3=CNC(C)(C)C)c2c1. The molecule has 1 unspecified atom stereocenters. The first-order valence-corrected chi connectivity index (χ1v) is 9.73. The number of aryl methyl sites for hydroxylation is 1. The Morgan fingerprint density at radius 2 is 1.93 bits per heavy atom. The van der Waals surface area contributed by atoms with Crippen LogP contribution >= 0.6 is 0 Å². The van der Waals surface area contributed by atoms with Gasteiger partial charge in [0.05, 0.1) is 18.2 Å². The highest BCUT2D eigenvalue weighted by Crippen LogP contribution is 2.42. The maximum Gasteiger partial charge on any atom is 0.198 e. The van der Waals surface area contributed by atoms with Gasteiger partial charge >= 0.3 is 0 Å². The Balaban J connectivity index is 1.91. The molecule has 0 aliphatic carbocycles. The van der Waals surface area contributed by atoms with Crippen LogP contribution in [0, 0.1) is 6.92 Å². The van der Waals surface area contributed by atoms with Gasteiger partial charge in [-0.05, 0) is 58.0 Å². The molecular weight excluding hydrogens is 364 g/mol. The molecule has 5 heteroatoms. The number of H-pyrrole nitrogens is 1. The maximum absolute atomic E-state index is 13.4. The van der Waals surface area contributed by atoms with Crippen molar-refractivity contribution in [3.8, 4) is 11.5 Å². The number of benzene rings is 2. The number of Topliss-reactive ketones (excluding diaryl/α,β-unsaturated/α-hetero) is 1. The van der Waals surface area contributed by atoms with Crippen molar-refractivity contribution in [3.05, 3.63) is 71.1 Å². The standard InChI is InChI=1S/C24H26N2O3/c1-14-21(17-12-15(28-5)10-11-19(17)26-14)23-18(13-25-24(2,3)4)22(27)16-8-6-7-9-20(16)29-23/h6-13,23,25-26H,1-5H3. The summed E-state index contributed by atoms with van der Waals surface area (Å²) in [6, 6.07) is 13.3. The Bertz CT molecular complexity index is 1120. The number of ether oxygens (including phenoxy) is 2. The minimum absolute atomic E-state index is 0.0229. The predicted octanol–water partition coefficient (Wildman–Crippen LogP) is 5.07. The lowest BCUT2D eigenvalue weighted by atomic mass is 9.90. The molecule has 1 aliphatic heterocycles. The fraction of sp³-hybridized carbons (Fsp3) is 0.292. The summed E-state index contributed by atoms with van der Waals surface area (Å²) in [6.07, 6.45) is 1.29. The summed E-state index contributed by atoms with van der Waals surface area (Å²) >= 11 is 0. The van der Waals surface area contributed by atoms with E-state index >= 15 is 0 Å². The van der Waals surface area contributed by atoms with Crippen LogP contribution in [0.1, 0.15) is 48.5 Å². The largest absolute Gasteiger partial charge is 0.497 e. The molecule has 0 saturated carbocycles. The summed E-state index contributed by atoms with van der Waals surface area (Å²) in [5.74, 6) is 1.34. The first-order chi connectivity index (χ1) is 13.8. The first-order valence-electron chi connectivity index (χ1n) is 9.73. The van der Waals surface area contributed by atoms with E-state index in [2.05, 4.69) is 31.1 Å². The van der Waals surface area contributed by atoms with Crippen molar-refractivity contribution in [1.82, 2.24) is 10.3 Å². The van der Waals surface area contributed by atoms with Crippen molar-refractivity contribution in [2.75, 3.05) is 7.11 Å². The third kappa shape index (κ3) is 3.48. The number of rotatable bonds is 3. The van der Waals surface area contributed by atoms with E-state index in [1.165, 1.54) is 0 Å². The Hall–Kier alpha value is -3.21. The van der Waals surface area contributed by atoms with Crippen molar-refractivity contribution >= 4 is 16.7 Å². The molecule has 150 valence electrons. The zero-order valence-corrected chi connectivity index (χ0v) is 17.4. The van der Waals surface area contributed by atoms with Gasteiger partial charge in [-0.25, -0.2) is 0 Å². The van der Waals surface area contributed by atoms with Gasteiger partial charge in [0.25, 0.3) is 0 Å². The van der Waals surface area contributed by atoms with Gasteiger partial charge in [0.2, 0.25) is 0 Å². The zero-order valence-electron chi connectivity index (χ0n) is 17.4. The van der Waals surface area contributed by atoms with Crippen LogP contribution in [0.5, 0.6) is 11.5 Å². The fourth-order valence-electron chi connectivity index (χ4n) is 3.66. The molecule has 0 amide bonds. The average Bonchev–Trinajstić information content (AvgIpc) is 3.01. The molecule has 0 radical (unpaired) electrons. The lowest BCUT2D eigenvalue weighted by Crippen LogP contribution is -2.34. The van der Waals surface area contributed by atoms with Gasteiger partial charge in [-0.3, -0.25) is 4.79 Å². The lowest BCUT2D eigenvalue weighted by molar-refractivity contribution is 0.0960. The Kier molecular flexibility index (Phi) is 4.61. The minimum atomic E-state index is -0.520. The molecule has 2 aromatic carbocycles. The minimum Gasteiger partial charge on any atom is -0.497 e. The van der Waals surface area contributed by atoms with Gasteiger partial charge in [-0.2, -0.15) is 0 Å². The van der Waals surface area contributed by atoms with Crippen LogP contribution in [0.15, 0.2) is 54.2 Å². The van der Waals surface area contributed by atoms with E-state index in [1.54, 1.807) is 13.3 Å². The number of carbonyl (C=O) groups excluding carboxylic acids is 1. The second-order valence-corrected chi connectivity index (χ2v) is 8.39. The molecule has 5 nitrogen and oxygen atoms in total. The van der Waals surface area contributed by atoms with Crippen molar-refractivity contribution < 1.29 is 14.3 Å². The maximum atomic E-state index is 13.4. The molecule has 1 aromatic heterocycles. The van der Waals surface area contributed by atoms with E-state index in [4.69, 9.17) is 9.47 Å². The molecule has 0 saturated heterocycles. The molecule has 3 aromatic rings. The smallest absolute Gasteiger partial charge is 0.198 e. The molecular formula is C24H26N2O3. The van der Waals surface area contributed by atoms with Crippen LogP contribution in [0.25, 0.3) is 10.9 Å². The topological polar surface area (TPSA) is 63.4 Å². The summed E-state index contributed by atoms with van der Waals surface area (Å²) in [4.78, 5) is 16.8. The molecule has 0 spiro atoms. The number of ketones is 1. The second kappa shape index (κ2) is 6.99. The van der Waals surface area contributed by atoms with Crippen LogP contribution < -0.4 is 14.8 Å². The van der Waals surface area contributed by atoms with Gasteiger partial charge in [-0.1, -0.05) is 12.1 Å². The van der Waals surface area contributed by atoms with Crippen molar-refractivity contribution in [2.24, 2.45) is 0 Å². The summed E-state index contributed by atoms with van der Waals surface area (Å²) in [6.45, 7) is 8.18. The number of aromatic nitrogens is 1. The molecule has 4 rings (SSSR count). The highest BCUT2D eigenvalue weighted by atomic mass is 16.5. The third-order valence-corrected chi connectivity index (χ3v) is 5.09. The zero-order chi connectivity index (χ0) is 20.8. The molecule has 2 N–H and O–H groups in total. The van der Waals surface area contributed by atoms with Gasteiger partial charge in [-0.15, -0.1) is 0 Å². The summed E-state index contributed by atoms with van der Waals surface area (Å²) in [5, 5.41) is 4.32. The van der Waals surface area contributed by atoms with Crippen molar-refractivity contribution in [3.63, 3.8) is 0 Å². The Morgan fingerprint density at radius 1 is 1.17 bits per heavy atom. The van der Waals surface area contributed by atoms with E-state index in [0.717, 1.165) is 27.9 Å². The first kappa shape index (κ1) is 19.1. The predicted molar refractivity (Wildman–Crippen MR) is 115 cm³/mol. The van der Waals surface area contributed by atoms with E-state index in [-0.39, 0.29) is 11.3 Å². The van der Waals surface area contributed by atoms with Crippen LogP contribution in [0.2, 0.25) is 0 Å². The Labute approximate surface area is 170 Å². The number of fused-ring (bicyclic) bond motifs is 2. The number of nitrogens with one attached hydrogen (secondary N) is 2. The fourth-order valence-corrected chi connectivity index (χ4v) is 3.66. The summed E-state index contributed by atoms with van der Waals surface area (Å²) in [5.41, 5.74) is 3.89. The molecule has 1 atom stereocenters. The van der Waals surface area contributed by atoms with Crippen molar-refractivity contribution in [2.45, 2.75) is 39.3 Å². The van der Waals surface area contributed by atoms with Crippen LogP contribution in [-0.4, -0.2) is 23.4 Å². The van der Waals surface area contributed by atoms with Crippen LogP contribution in [-0.2, 0) is 0 Å². The highest BCUT2D eigenvalue weighted by molar-refractivity contribution is 6.12. The third-order valence-electron chi connectivity index (χ3n) is 5.09. The number of para-hydroxylation sites is 1. The quantitative estimate of drug-likeness (QED) is 0.613. The molecule has 2 heterocycles. The number of hydrogen-bond acceptors (Lipinski definition) is 4. The van der Waals surface area contributed by atoms with Gasteiger partial charge in [0.15, 0.2) is 11.9 Å². The molecule has 1 aliphatic rings.